The zero-order valence-electron chi connectivity index (χ0n) is 23.4. The third-order valence-corrected chi connectivity index (χ3v) is 13.0. The first kappa shape index (κ1) is 24.6. The van der Waals surface area contributed by atoms with Crippen LogP contribution in [0.2, 0.25) is 0 Å². The molecular weight excluding hydrogens is 436 g/mol. The maximum atomic E-state index is 12.9. The van der Waals surface area contributed by atoms with Crippen molar-refractivity contribution in [3.8, 4) is 0 Å². The lowest BCUT2D eigenvalue weighted by atomic mass is 9.33. The highest BCUT2D eigenvalue weighted by atomic mass is 16.7. The van der Waals surface area contributed by atoms with Crippen LogP contribution in [0.4, 0.5) is 0 Å². The molecule has 6 rings (SSSR count). The van der Waals surface area contributed by atoms with Crippen molar-refractivity contribution >= 4 is 5.78 Å². The van der Waals surface area contributed by atoms with E-state index in [1.54, 1.807) is 0 Å². The third kappa shape index (κ3) is 2.68. The first-order chi connectivity index (χ1) is 16.1. The first-order valence-corrected chi connectivity index (χ1v) is 14.4. The first-order valence-electron chi connectivity index (χ1n) is 14.4. The van der Waals surface area contributed by atoms with Gasteiger partial charge >= 0.3 is 0 Å². The molecule has 3 saturated carbocycles. The second kappa shape index (κ2) is 6.83. The van der Waals surface area contributed by atoms with Gasteiger partial charge < -0.3 is 14.6 Å². The number of hydrogen-bond donors (Lipinski definition) is 1. The monoisotopic (exact) mass is 484 g/mol. The molecular formula is C31H48O4. The van der Waals surface area contributed by atoms with Crippen molar-refractivity contribution in [1.29, 1.82) is 0 Å². The van der Waals surface area contributed by atoms with Crippen molar-refractivity contribution in [3.63, 3.8) is 0 Å². The molecule has 4 aliphatic carbocycles. The van der Waals surface area contributed by atoms with E-state index in [0.29, 0.717) is 24.2 Å². The summed E-state index contributed by atoms with van der Waals surface area (Å²) in [5, 5.41) is 12.1. The fourth-order valence-electron chi connectivity index (χ4n) is 11.9. The second-order valence-corrected chi connectivity index (χ2v) is 15.5. The molecule has 0 aromatic carbocycles. The van der Waals surface area contributed by atoms with Gasteiger partial charge in [-0.3, -0.25) is 4.79 Å². The number of carbonyl (C=O) groups is 1. The van der Waals surface area contributed by atoms with E-state index in [2.05, 4.69) is 61.5 Å². The summed E-state index contributed by atoms with van der Waals surface area (Å²) < 4.78 is 13.8. The van der Waals surface area contributed by atoms with E-state index in [1.807, 2.05) is 6.08 Å². The van der Waals surface area contributed by atoms with Gasteiger partial charge in [0.1, 0.15) is 0 Å². The molecule has 2 spiro atoms. The Morgan fingerprint density at radius 1 is 1.03 bits per heavy atom. The van der Waals surface area contributed by atoms with Gasteiger partial charge in [0.25, 0.3) is 0 Å². The van der Waals surface area contributed by atoms with Gasteiger partial charge in [-0.25, -0.2) is 0 Å². The Balaban J connectivity index is 1.45. The summed E-state index contributed by atoms with van der Waals surface area (Å²) in [6, 6.07) is 0. The summed E-state index contributed by atoms with van der Waals surface area (Å²) in [6.07, 6.45) is 11.3. The smallest absolute Gasteiger partial charge is 0.175 e. The highest BCUT2D eigenvalue weighted by Gasteiger charge is 2.84. The zero-order valence-corrected chi connectivity index (χ0v) is 23.4. The number of rotatable bonds is 2. The molecule has 1 unspecified atom stereocenters. The van der Waals surface area contributed by atoms with Crippen LogP contribution >= 0.6 is 0 Å². The minimum absolute atomic E-state index is 0.00267. The Kier molecular flexibility index (Phi) is 4.80. The highest BCUT2D eigenvalue weighted by Crippen LogP contribution is 2.83. The molecule has 6 aliphatic rings. The number of aliphatic hydroxyl groups is 1. The van der Waals surface area contributed by atoms with Crippen LogP contribution in [0.5, 0.6) is 0 Å². The lowest BCUT2D eigenvalue weighted by Gasteiger charge is -2.71. The molecule has 196 valence electrons. The van der Waals surface area contributed by atoms with Crippen molar-refractivity contribution in [2.24, 2.45) is 50.7 Å². The molecule has 4 heteroatoms. The molecule has 0 aromatic heterocycles. The molecule has 0 amide bonds. The van der Waals surface area contributed by atoms with Gasteiger partial charge in [0.05, 0.1) is 18.3 Å². The molecule has 2 heterocycles. The van der Waals surface area contributed by atoms with E-state index in [9.17, 15) is 9.90 Å². The second-order valence-electron chi connectivity index (χ2n) is 15.5. The van der Waals surface area contributed by atoms with E-state index in [0.717, 1.165) is 45.1 Å². The van der Waals surface area contributed by atoms with Gasteiger partial charge in [-0.15, -0.1) is 0 Å². The van der Waals surface area contributed by atoms with Crippen molar-refractivity contribution in [1.82, 2.24) is 0 Å². The zero-order chi connectivity index (χ0) is 25.4. The SMILES string of the molecule is CC(C)C[C@@H]1C[C@](C)(O)C2[C@]3(C[C@]4(CO3)[C@]2(C)CC[C@@H]2[C@@]3(C)C=CC(=O)C(C)(C)[C@@H]3CC[C@]24C)O1. The van der Waals surface area contributed by atoms with Crippen molar-refractivity contribution in [3.05, 3.63) is 12.2 Å². The van der Waals surface area contributed by atoms with Gasteiger partial charge in [0, 0.05) is 29.6 Å². The van der Waals surface area contributed by atoms with Crippen LogP contribution in [0.3, 0.4) is 0 Å². The molecule has 0 aromatic rings. The fourth-order valence-corrected chi connectivity index (χ4v) is 11.9. The predicted molar refractivity (Wildman–Crippen MR) is 136 cm³/mol. The number of ether oxygens (including phenoxy) is 2. The Morgan fingerprint density at radius 3 is 2.37 bits per heavy atom. The fraction of sp³-hybridized carbons (Fsp3) is 0.903. The number of carbonyl (C=O) groups excluding carboxylic acids is 1. The Bertz CT molecular complexity index is 980. The molecule has 2 aliphatic heterocycles. The van der Waals surface area contributed by atoms with Crippen LogP contribution in [-0.4, -0.2) is 35.0 Å². The molecule has 2 bridgehead atoms. The van der Waals surface area contributed by atoms with Crippen molar-refractivity contribution < 1.29 is 19.4 Å². The summed E-state index contributed by atoms with van der Waals surface area (Å²) in [4.78, 5) is 12.9. The summed E-state index contributed by atoms with van der Waals surface area (Å²) in [6.45, 7) is 19.1. The average molecular weight is 485 g/mol. The van der Waals surface area contributed by atoms with E-state index in [-0.39, 0.29) is 44.9 Å². The third-order valence-electron chi connectivity index (χ3n) is 13.0. The Hall–Kier alpha value is -0.710. The summed E-state index contributed by atoms with van der Waals surface area (Å²) in [5.41, 5.74) is -1.05. The van der Waals surface area contributed by atoms with E-state index >= 15 is 0 Å². The maximum absolute atomic E-state index is 12.9. The lowest BCUT2D eigenvalue weighted by Crippen LogP contribution is -2.70. The summed E-state index contributed by atoms with van der Waals surface area (Å²) in [7, 11) is 0. The predicted octanol–water partition coefficient (Wildman–Crippen LogP) is 6.31. The van der Waals surface area contributed by atoms with Crippen LogP contribution in [-0.2, 0) is 14.3 Å². The molecule has 2 saturated heterocycles. The highest BCUT2D eigenvalue weighted by molar-refractivity contribution is 5.95. The largest absolute Gasteiger partial charge is 0.390 e. The van der Waals surface area contributed by atoms with Gasteiger partial charge in [-0.2, -0.15) is 0 Å². The summed E-state index contributed by atoms with van der Waals surface area (Å²) in [5.74, 6) is 1.03. The summed E-state index contributed by atoms with van der Waals surface area (Å²) >= 11 is 0. The molecule has 4 nitrogen and oxygen atoms in total. The minimum Gasteiger partial charge on any atom is -0.390 e. The number of fused-ring (bicyclic) bond motifs is 4. The van der Waals surface area contributed by atoms with Crippen LogP contribution in [0, 0.1) is 50.7 Å². The van der Waals surface area contributed by atoms with Crippen molar-refractivity contribution in [2.75, 3.05) is 6.61 Å². The number of ketones is 1. The Labute approximate surface area is 212 Å². The van der Waals surface area contributed by atoms with Gasteiger partial charge in [-0.05, 0) is 79.1 Å². The van der Waals surface area contributed by atoms with Crippen LogP contribution in [0.25, 0.3) is 0 Å². The Morgan fingerprint density at radius 2 is 1.69 bits per heavy atom. The van der Waals surface area contributed by atoms with Gasteiger partial charge in [-0.1, -0.05) is 54.5 Å². The standard InChI is InChI=1S/C31H48O4/c1-19(2)15-20-16-29(8,33)24-28(7)14-10-22-26(5)12-11-23(32)25(3,4)21(26)9-13-27(22,6)30(28)17-31(24,35-20)34-18-30/h11-12,19-22,24,33H,9-10,13-18H2,1-8H3/t20-,21+,22-,24?,26+,27-,28-,29+,30-,31+/m1/s1. The van der Waals surface area contributed by atoms with Crippen LogP contribution < -0.4 is 0 Å². The minimum atomic E-state index is -0.793. The van der Waals surface area contributed by atoms with E-state index in [4.69, 9.17) is 9.47 Å². The molecule has 35 heavy (non-hydrogen) atoms. The number of allylic oxidation sites excluding steroid dienone is 2. The van der Waals surface area contributed by atoms with Gasteiger partial charge in [0.2, 0.25) is 0 Å². The van der Waals surface area contributed by atoms with Crippen molar-refractivity contribution in [2.45, 2.75) is 118 Å². The maximum Gasteiger partial charge on any atom is 0.175 e. The van der Waals surface area contributed by atoms with Crippen LogP contribution in [0.1, 0.15) is 100 Å². The molecule has 1 N–H and O–H groups in total. The molecule has 5 fully saturated rings. The average Bonchev–Trinajstić information content (AvgIpc) is 3.20. The van der Waals surface area contributed by atoms with Gasteiger partial charge in [0.15, 0.2) is 11.6 Å². The lowest BCUT2D eigenvalue weighted by molar-refractivity contribution is -0.363. The number of hydrogen-bond acceptors (Lipinski definition) is 4. The topological polar surface area (TPSA) is 55.8 Å². The quantitative estimate of drug-likeness (QED) is 0.499. The van der Waals surface area contributed by atoms with Crippen LogP contribution in [0.15, 0.2) is 12.2 Å². The van der Waals surface area contributed by atoms with E-state index < -0.39 is 11.4 Å². The molecule has 10 atom stereocenters. The normalized spacial score (nSPS) is 58.1. The molecule has 0 radical (unpaired) electrons. The van der Waals surface area contributed by atoms with E-state index in [1.165, 1.54) is 0 Å².